The lowest BCUT2D eigenvalue weighted by Gasteiger charge is -2.16. The van der Waals surface area contributed by atoms with Crippen LogP contribution in [0.25, 0.3) is 0 Å². The number of nitrogens with zero attached hydrogens (tertiary/aromatic N) is 1. The molecule has 1 aromatic carbocycles. The van der Waals surface area contributed by atoms with Crippen molar-refractivity contribution in [2.24, 2.45) is 0 Å². The average molecular weight is 327 g/mol. The summed E-state index contributed by atoms with van der Waals surface area (Å²) in [6, 6.07) is 6.41. The smallest absolute Gasteiger partial charge is 0.133 e. The number of hydrogen-bond donors (Lipinski definition) is 1. The molecule has 1 aromatic heterocycles. The van der Waals surface area contributed by atoms with E-state index in [1.807, 2.05) is 24.7 Å². The molecule has 0 saturated heterocycles. The van der Waals surface area contributed by atoms with E-state index in [-0.39, 0.29) is 6.04 Å². The molecule has 0 fully saturated rings. The van der Waals surface area contributed by atoms with E-state index in [9.17, 15) is 0 Å². The van der Waals surface area contributed by atoms with Crippen molar-refractivity contribution < 1.29 is 4.74 Å². The van der Waals surface area contributed by atoms with Crippen LogP contribution in [0.5, 0.6) is 5.75 Å². The van der Waals surface area contributed by atoms with Gasteiger partial charge in [-0.05, 0) is 40.7 Å². The Hall–Kier alpha value is -0.910. The maximum Gasteiger partial charge on any atom is 0.133 e. The van der Waals surface area contributed by atoms with Gasteiger partial charge in [-0.3, -0.25) is 0 Å². The van der Waals surface area contributed by atoms with Crippen molar-refractivity contribution in [1.82, 2.24) is 10.3 Å². The van der Waals surface area contributed by atoms with Crippen LogP contribution in [0.1, 0.15) is 16.6 Å². The molecule has 1 N–H and O–H groups in total. The molecule has 2 rings (SSSR count). The molecule has 0 aliphatic carbocycles. The minimum atomic E-state index is 0.262. The van der Waals surface area contributed by atoms with Crippen molar-refractivity contribution in [3.8, 4) is 5.75 Å². The Balaban J connectivity index is 2.19. The molecular weight excluding hydrogens is 312 g/mol. The summed E-state index contributed by atoms with van der Waals surface area (Å²) in [5.41, 5.74) is 1.22. The van der Waals surface area contributed by atoms with E-state index in [1.165, 1.54) is 5.56 Å². The minimum absolute atomic E-state index is 0.262. The maximum atomic E-state index is 5.24. The maximum absolute atomic E-state index is 5.24. The summed E-state index contributed by atoms with van der Waals surface area (Å²) >= 11 is 5.20. The minimum Gasteiger partial charge on any atom is -0.496 e. The summed E-state index contributed by atoms with van der Waals surface area (Å²) in [6.07, 6.45) is 2.74. The average Bonchev–Trinajstić information content (AvgIpc) is 2.88. The lowest BCUT2D eigenvalue weighted by atomic mass is 10.0. The normalized spacial score (nSPS) is 12.4. The number of halogens is 1. The highest BCUT2D eigenvalue weighted by Gasteiger charge is 2.13. The van der Waals surface area contributed by atoms with E-state index in [1.54, 1.807) is 18.4 Å². The third-order valence-electron chi connectivity index (χ3n) is 2.79. The molecule has 0 radical (unpaired) electrons. The molecule has 3 nitrogen and oxygen atoms in total. The van der Waals surface area contributed by atoms with Crippen molar-refractivity contribution in [2.75, 3.05) is 14.2 Å². The van der Waals surface area contributed by atoms with Crippen LogP contribution in [-0.4, -0.2) is 19.1 Å². The first-order valence-corrected chi connectivity index (χ1v) is 7.31. The van der Waals surface area contributed by atoms with Gasteiger partial charge in [0.2, 0.25) is 0 Å². The number of hydrogen-bond acceptors (Lipinski definition) is 4. The summed E-state index contributed by atoms with van der Waals surface area (Å²) < 4.78 is 6.22. The molecule has 0 amide bonds. The van der Waals surface area contributed by atoms with Gasteiger partial charge < -0.3 is 10.1 Å². The predicted molar refractivity (Wildman–Crippen MR) is 78.3 cm³/mol. The van der Waals surface area contributed by atoms with Crippen molar-refractivity contribution in [3.05, 3.63) is 44.8 Å². The molecule has 1 unspecified atom stereocenters. The Morgan fingerprint density at radius 3 is 2.89 bits per heavy atom. The summed E-state index contributed by atoms with van der Waals surface area (Å²) in [6.45, 7) is 0. The van der Waals surface area contributed by atoms with Gasteiger partial charge in [0.15, 0.2) is 0 Å². The van der Waals surface area contributed by atoms with Gasteiger partial charge in [0.05, 0.1) is 16.6 Å². The van der Waals surface area contributed by atoms with Crippen LogP contribution in [0.4, 0.5) is 0 Å². The molecule has 0 aliphatic rings. The summed E-state index contributed by atoms with van der Waals surface area (Å²) in [4.78, 5) is 4.33. The van der Waals surface area contributed by atoms with E-state index in [0.717, 1.165) is 21.7 Å². The first-order valence-electron chi connectivity index (χ1n) is 5.63. The van der Waals surface area contributed by atoms with Crippen molar-refractivity contribution in [2.45, 2.75) is 12.5 Å². The lowest BCUT2D eigenvalue weighted by Crippen LogP contribution is -2.18. The van der Waals surface area contributed by atoms with Gasteiger partial charge in [-0.2, -0.15) is 0 Å². The molecular formula is C13H15BrN2OS. The molecule has 1 heterocycles. The number of ether oxygens (including phenoxy) is 1. The topological polar surface area (TPSA) is 34.2 Å². The van der Waals surface area contributed by atoms with E-state index >= 15 is 0 Å². The Morgan fingerprint density at radius 2 is 2.33 bits per heavy atom. The van der Waals surface area contributed by atoms with Gasteiger partial charge in [-0.1, -0.05) is 6.07 Å². The summed E-state index contributed by atoms with van der Waals surface area (Å²) in [5.74, 6) is 0.850. The largest absolute Gasteiger partial charge is 0.496 e. The molecule has 5 heteroatoms. The highest BCUT2D eigenvalue weighted by Crippen LogP contribution is 2.29. The Labute approximate surface area is 119 Å². The van der Waals surface area contributed by atoms with Crippen LogP contribution in [0.3, 0.4) is 0 Å². The monoisotopic (exact) mass is 326 g/mol. The van der Waals surface area contributed by atoms with E-state index in [0.29, 0.717) is 0 Å². The third-order valence-corrected chi connectivity index (χ3v) is 4.21. The van der Waals surface area contributed by atoms with Gasteiger partial charge >= 0.3 is 0 Å². The first kappa shape index (κ1) is 13.5. The predicted octanol–water partition coefficient (Wildman–Crippen LogP) is 3.42. The van der Waals surface area contributed by atoms with E-state index in [2.05, 4.69) is 38.4 Å². The van der Waals surface area contributed by atoms with Crippen molar-refractivity contribution >= 4 is 27.3 Å². The second-order valence-electron chi connectivity index (χ2n) is 3.87. The van der Waals surface area contributed by atoms with Gasteiger partial charge in [-0.15, -0.1) is 11.3 Å². The third kappa shape index (κ3) is 3.10. The molecule has 0 aliphatic heterocycles. The number of nitrogens with one attached hydrogen (secondary N) is 1. The number of aromatic nitrogens is 1. The fourth-order valence-electron chi connectivity index (χ4n) is 1.81. The highest BCUT2D eigenvalue weighted by molar-refractivity contribution is 9.10. The summed E-state index contributed by atoms with van der Waals surface area (Å²) in [5, 5.41) is 6.47. The van der Waals surface area contributed by atoms with Crippen LogP contribution < -0.4 is 10.1 Å². The van der Waals surface area contributed by atoms with Crippen LogP contribution >= 0.6 is 27.3 Å². The fraction of sp³-hybridized carbons (Fsp3) is 0.308. The zero-order valence-corrected chi connectivity index (χ0v) is 12.7. The number of benzene rings is 1. The number of likely N-dealkylation sites (N-methyl/N-ethyl adjacent to an activating group) is 1. The fourth-order valence-corrected chi connectivity index (χ4v) is 3.04. The van der Waals surface area contributed by atoms with Crippen molar-refractivity contribution in [1.29, 1.82) is 0 Å². The van der Waals surface area contributed by atoms with Gasteiger partial charge in [0.1, 0.15) is 5.75 Å². The van der Waals surface area contributed by atoms with Crippen LogP contribution in [0.15, 0.2) is 34.2 Å². The van der Waals surface area contributed by atoms with Crippen LogP contribution in [0.2, 0.25) is 0 Å². The van der Waals surface area contributed by atoms with Gasteiger partial charge in [0, 0.05) is 24.0 Å². The first-order chi connectivity index (χ1) is 8.74. The Bertz CT molecular complexity index is 502. The van der Waals surface area contributed by atoms with Crippen LogP contribution in [0, 0.1) is 0 Å². The second-order valence-corrected chi connectivity index (χ2v) is 5.70. The molecule has 1 atom stereocenters. The zero-order valence-electron chi connectivity index (χ0n) is 10.3. The Kier molecular flexibility index (Phi) is 4.74. The lowest BCUT2D eigenvalue weighted by molar-refractivity contribution is 0.411. The van der Waals surface area contributed by atoms with Crippen LogP contribution in [-0.2, 0) is 6.42 Å². The molecule has 0 saturated carbocycles. The molecule has 0 bridgehead atoms. The van der Waals surface area contributed by atoms with Crippen molar-refractivity contribution in [3.63, 3.8) is 0 Å². The number of methoxy groups -OCH3 is 1. The zero-order chi connectivity index (χ0) is 13.0. The standard InChI is InChI=1S/C13H15BrN2OS/c1-15-11(8-13-16-5-6-18-13)9-3-4-12(17-2)10(14)7-9/h3-7,11,15H,8H2,1-2H3. The van der Waals surface area contributed by atoms with Gasteiger partial charge in [0.25, 0.3) is 0 Å². The quantitative estimate of drug-likeness (QED) is 0.914. The Morgan fingerprint density at radius 1 is 1.50 bits per heavy atom. The second kappa shape index (κ2) is 6.31. The number of rotatable bonds is 5. The van der Waals surface area contributed by atoms with E-state index < -0.39 is 0 Å². The molecule has 96 valence electrons. The summed E-state index contributed by atoms with van der Waals surface area (Å²) in [7, 11) is 3.64. The highest BCUT2D eigenvalue weighted by atomic mass is 79.9. The SMILES string of the molecule is CNC(Cc1nccs1)c1ccc(OC)c(Br)c1. The molecule has 0 spiro atoms. The molecule has 18 heavy (non-hydrogen) atoms. The number of thiazole rings is 1. The van der Waals surface area contributed by atoms with Gasteiger partial charge in [-0.25, -0.2) is 4.98 Å². The van der Waals surface area contributed by atoms with E-state index in [4.69, 9.17) is 4.74 Å². The molecule has 2 aromatic rings.